The highest BCUT2D eigenvalue weighted by Gasteiger charge is 2.15. The van der Waals surface area contributed by atoms with E-state index in [2.05, 4.69) is 15.6 Å². The number of nitrogens with one attached hydrogen (secondary N) is 1. The minimum absolute atomic E-state index is 0.241. The zero-order valence-electron chi connectivity index (χ0n) is 12.5. The van der Waals surface area contributed by atoms with Crippen LogP contribution in [0.25, 0.3) is 11.0 Å². The molecule has 120 valence electrons. The van der Waals surface area contributed by atoms with E-state index in [1.165, 1.54) is 0 Å². The van der Waals surface area contributed by atoms with Gasteiger partial charge in [-0.25, -0.2) is 4.68 Å². The molecule has 0 spiro atoms. The monoisotopic (exact) mass is 334 g/mol. The number of ether oxygens (including phenoxy) is 1. The molecule has 0 aliphatic heterocycles. The molecule has 8 heteroatoms. The lowest BCUT2D eigenvalue weighted by Crippen LogP contribution is -2.27. The second-order valence-electron chi connectivity index (χ2n) is 4.90. The fourth-order valence-electron chi connectivity index (χ4n) is 2.22. The molecule has 0 saturated heterocycles. The molecule has 0 radical (unpaired) electrons. The van der Waals surface area contributed by atoms with Gasteiger partial charge in [0, 0.05) is 24.6 Å². The lowest BCUT2D eigenvalue weighted by Gasteiger charge is -2.01. The predicted octanol–water partition coefficient (Wildman–Crippen LogP) is 2.10. The highest BCUT2D eigenvalue weighted by Crippen LogP contribution is 2.29. The van der Waals surface area contributed by atoms with Crippen LogP contribution in [0.4, 0.5) is 0 Å². The molecule has 0 bridgehead atoms. The number of furan rings is 1. The topological polar surface area (TPSA) is 82.2 Å². The van der Waals surface area contributed by atoms with Crippen LogP contribution in [0.15, 0.2) is 34.9 Å². The molecule has 0 aliphatic rings. The summed E-state index contributed by atoms with van der Waals surface area (Å²) in [6.07, 6.45) is 1.57. The van der Waals surface area contributed by atoms with Gasteiger partial charge in [-0.05, 0) is 17.7 Å². The van der Waals surface area contributed by atoms with E-state index >= 15 is 0 Å². The maximum atomic E-state index is 11.9. The smallest absolute Gasteiger partial charge is 0.273 e. The Kier molecular flexibility index (Phi) is 4.59. The summed E-state index contributed by atoms with van der Waals surface area (Å²) in [6, 6.07) is 7.56. The third kappa shape index (κ3) is 3.35. The maximum Gasteiger partial charge on any atom is 0.273 e. The molecule has 2 aromatic heterocycles. The van der Waals surface area contributed by atoms with Gasteiger partial charge in [0.15, 0.2) is 10.9 Å². The van der Waals surface area contributed by atoms with Crippen LogP contribution in [-0.4, -0.2) is 41.2 Å². The van der Waals surface area contributed by atoms with E-state index in [-0.39, 0.29) is 11.6 Å². The van der Waals surface area contributed by atoms with E-state index in [1.807, 2.05) is 24.3 Å². The number of para-hydroxylation sites is 1. The van der Waals surface area contributed by atoms with Crippen molar-refractivity contribution in [1.29, 1.82) is 0 Å². The zero-order chi connectivity index (χ0) is 16.2. The number of carbonyl (C=O) groups is 1. The number of carbonyl (C=O) groups excluding carboxylic acids is 1. The molecule has 7 nitrogen and oxygen atoms in total. The van der Waals surface area contributed by atoms with Crippen molar-refractivity contribution in [2.75, 3.05) is 20.3 Å². The Morgan fingerprint density at radius 3 is 3.09 bits per heavy atom. The van der Waals surface area contributed by atoms with Crippen molar-refractivity contribution < 1.29 is 13.9 Å². The summed E-state index contributed by atoms with van der Waals surface area (Å²) in [5.41, 5.74) is 1.76. The number of aromatic nitrogens is 3. The van der Waals surface area contributed by atoms with E-state index < -0.39 is 0 Å². The van der Waals surface area contributed by atoms with E-state index in [4.69, 9.17) is 20.8 Å². The normalized spacial score (nSPS) is 11.0. The quantitative estimate of drug-likeness (QED) is 0.698. The number of amides is 1. The lowest BCUT2D eigenvalue weighted by molar-refractivity contribution is 0.0932. The third-order valence-electron chi connectivity index (χ3n) is 3.33. The van der Waals surface area contributed by atoms with Crippen molar-refractivity contribution in [2.24, 2.45) is 0 Å². The molecule has 1 amide bonds. The number of benzene rings is 1. The lowest BCUT2D eigenvalue weighted by atomic mass is 10.2. The number of rotatable bonds is 6. The fourth-order valence-corrected chi connectivity index (χ4v) is 2.46. The molecule has 0 aliphatic carbocycles. The van der Waals surface area contributed by atoms with Crippen LogP contribution in [0.1, 0.15) is 16.1 Å². The first-order chi connectivity index (χ1) is 11.2. The van der Waals surface area contributed by atoms with Crippen LogP contribution >= 0.6 is 11.6 Å². The van der Waals surface area contributed by atoms with Gasteiger partial charge in [0.1, 0.15) is 5.58 Å². The van der Waals surface area contributed by atoms with E-state index in [9.17, 15) is 4.79 Å². The van der Waals surface area contributed by atoms with Gasteiger partial charge in [0.05, 0.1) is 19.3 Å². The molecular weight excluding hydrogens is 320 g/mol. The van der Waals surface area contributed by atoms with Crippen LogP contribution in [-0.2, 0) is 11.3 Å². The Morgan fingerprint density at radius 2 is 2.26 bits per heavy atom. The summed E-state index contributed by atoms with van der Waals surface area (Å²) in [5.74, 6) is -0.295. The molecule has 0 fully saturated rings. The zero-order valence-corrected chi connectivity index (χ0v) is 13.2. The Morgan fingerprint density at radius 1 is 1.43 bits per heavy atom. The van der Waals surface area contributed by atoms with Crippen molar-refractivity contribution in [2.45, 2.75) is 6.54 Å². The Hall–Kier alpha value is -2.38. The van der Waals surface area contributed by atoms with E-state index in [0.717, 1.165) is 10.9 Å². The van der Waals surface area contributed by atoms with Gasteiger partial charge in [-0.1, -0.05) is 23.4 Å². The van der Waals surface area contributed by atoms with Gasteiger partial charge >= 0.3 is 0 Å². The standard InChI is InChI=1S/C15H15ClN4O3/c1-22-7-6-17-15(21)12-9-20(19-18-12)8-11-10-4-2-3-5-13(10)23-14(11)16/h2-5,9H,6-8H2,1H3,(H,17,21). The van der Waals surface area contributed by atoms with Crippen LogP contribution in [0.3, 0.4) is 0 Å². The van der Waals surface area contributed by atoms with Crippen molar-refractivity contribution in [1.82, 2.24) is 20.3 Å². The largest absolute Gasteiger partial charge is 0.444 e. The predicted molar refractivity (Wildman–Crippen MR) is 84.6 cm³/mol. The highest BCUT2D eigenvalue weighted by molar-refractivity contribution is 6.30. The molecule has 1 aromatic carbocycles. The molecular formula is C15H15ClN4O3. The minimum atomic E-state index is -0.295. The molecule has 23 heavy (non-hydrogen) atoms. The molecule has 0 unspecified atom stereocenters. The summed E-state index contributed by atoms with van der Waals surface area (Å²) >= 11 is 6.15. The summed E-state index contributed by atoms with van der Waals surface area (Å²) in [5, 5.41) is 11.8. The van der Waals surface area contributed by atoms with Crippen molar-refractivity contribution >= 4 is 28.5 Å². The number of methoxy groups -OCH3 is 1. The van der Waals surface area contributed by atoms with Gasteiger partial charge in [0.25, 0.3) is 5.91 Å². The second-order valence-corrected chi connectivity index (χ2v) is 5.24. The number of halogens is 1. The second kappa shape index (κ2) is 6.80. The van der Waals surface area contributed by atoms with Gasteiger partial charge in [-0.15, -0.1) is 5.10 Å². The molecule has 2 heterocycles. The third-order valence-corrected chi connectivity index (χ3v) is 3.64. The molecule has 1 N–H and O–H groups in total. The van der Waals surface area contributed by atoms with E-state index in [0.29, 0.717) is 30.5 Å². The number of hydrogen-bond acceptors (Lipinski definition) is 5. The first-order valence-corrected chi connectivity index (χ1v) is 7.40. The summed E-state index contributed by atoms with van der Waals surface area (Å²) in [4.78, 5) is 11.9. The van der Waals surface area contributed by atoms with Crippen LogP contribution in [0, 0.1) is 0 Å². The average Bonchev–Trinajstić information content (AvgIpc) is 3.13. The summed E-state index contributed by atoms with van der Waals surface area (Å²) in [6.45, 7) is 1.23. The van der Waals surface area contributed by atoms with Gasteiger partial charge < -0.3 is 14.5 Å². The van der Waals surface area contributed by atoms with Gasteiger partial charge in [-0.3, -0.25) is 4.79 Å². The Balaban J connectivity index is 1.76. The summed E-state index contributed by atoms with van der Waals surface area (Å²) < 4.78 is 11.9. The minimum Gasteiger partial charge on any atom is -0.444 e. The van der Waals surface area contributed by atoms with Crippen molar-refractivity contribution in [3.8, 4) is 0 Å². The van der Waals surface area contributed by atoms with Crippen LogP contribution in [0.2, 0.25) is 5.22 Å². The number of fused-ring (bicyclic) bond motifs is 1. The van der Waals surface area contributed by atoms with Gasteiger partial charge in [-0.2, -0.15) is 0 Å². The fraction of sp³-hybridized carbons (Fsp3) is 0.267. The highest BCUT2D eigenvalue weighted by atomic mass is 35.5. The maximum absolute atomic E-state index is 11.9. The Bertz CT molecular complexity index is 827. The average molecular weight is 335 g/mol. The Labute approximate surface area is 137 Å². The number of hydrogen-bond donors (Lipinski definition) is 1. The van der Waals surface area contributed by atoms with E-state index in [1.54, 1.807) is 18.0 Å². The number of nitrogens with zero attached hydrogens (tertiary/aromatic N) is 3. The van der Waals surface area contributed by atoms with Crippen LogP contribution < -0.4 is 5.32 Å². The first-order valence-electron chi connectivity index (χ1n) is 7.02. The molecule has 0 saturated carbocycles. The molecule has 3 rings (SSSR count). The molecule has 3 aromatic rings. The molecule has 0 atom stereocenters. The van der Waals surface area contributed by atoms with Gasteiger partial charge in [0.2, 0.25) is 0 Å². The van der Waals surface area contributed by atoms with Crippen LogP contribution in [0.5, 0.6) is 0 Å². The van der Waals surface area contributed by atoms with Crippen molar-refractivity contribution in [3.63, 3.8) is 0 Å². The van der Waals surface area contributed by atoms with Crippen molar-refractivity contribution in [3.05, 3.63) is 46.9 Å². The SMILES string of the molecule is COCCNC(=O)c1cn(Cc2c(Cl)oc3ccccc23)nn1. The summed E-state index contributed by atoms with van der Waals surface area (Å²) in [7, 11) is 1.57. The first kappa shape index (κ1) is 15.5.